The Balaban J connectivity index is 1.04. The van der Waals surface area contributed by atoms with Crippen LogP contribution in [-0.2, 0) is 0 Å². The molecule has 5 heteroatoms. The number of aromatic nitrogens is 4. The first-order valence-electron chi connectivity index (χ1n) is 19.5. The van der Waals surface area contributed by atoms with Crippen molar-refractivity contribution >= 4 is 75.0 Å². The van der Waals surface area contributed by atoms with Gasteiger partial charge in [0, 0.05) is 59.6 Å². The number of nitrogens with zero attached hydrogens (tertiary/aromatic N) is 4. The summed E-state index contributed by atoms with van der Waals surface area (Å²) in [6.45, 7) is 0. The minimum atomic E-state index is 0.684. The van der Waals surface area contributed by atoms with Crippen LogP contribution < -0.4 is 0 Å². The maximum atomic E-state index is 5.44. The molecule has 12 rings (SSSR count). The third-order valence-electron chi connectivity index (χ3n) is 11.3. The van der Waals surface area contributed by atoms with E-state index in [4.69, 9.17) is 15.0 Å². The van der Waals surface area contributed by atoms with Gasteiger partial charge in [-0.15, -0.1) is 11.3 Å². The number of hydrogen-bond acceptors (Lipinski definition) is 4. The maximum Gasteiger partial charge on any atom is 0.160 e. The molecular formula is C53H32N4S. The molecule has 0 radical (unpaired) electrons. The van der Waals surface area contributed by atoms with E-state index in [1.54, 1.807) is 0 Å². The van der Waals surface area contributed by atoms with Gasteiger partial charge in [0.25, 0.3) is 0 Å². The molecule has 58 heavy (non-hydrogen) atoms. The van der Waals surface area contributed by atoms with Gasteiger partial charge in [0.15, 0.2) is 5.82 Å². The number of hydrogen-bond donors (Lipinski definition) is 0. The van der Waals surface area contributed by atoms with Gasteiger partial charge in [0.1, 0.15) is 0 Å². The number of fused-ring (bicyclic) bond motifs is 9. The van der Waals surface area contributed by atoms with Crippen molar-refractivity contribution in [2.24, 2.45) is 0 Å². The fraction of sp³-hybridized carbons (Fsp3) is 0. The van der Waals surface area contributed by atoms with Gasteiger partial charge in [-0.25, -0.2) is 15.0 Å². The number of pyridine rings is 1. The molecule has 270 valence electrons. The highest BCUT2D eigenvalue weighted by atomic mass is 32.1. The standard InChI is InChI=1S/C53H32N4S/c1-2-14-33(15-3-1)53-55-44(32-45(56-53)37-19-13-21-39(29-37)57-47-25-9-6-22-40(47)41-23-7-10-26-48(41)57)36-18-12-20-38(28-36)51-52-50(42-24-8-11-27-49(42)58-52)43-30-34-16-4-5-17-35(34)31-46(43)54-51/h1-32H. The fourth-order valence-corrected chi connectivity index (χ4v) is 9.89. The van der Waals surface area contributed by atoms with E-state index in [2.05, 4.69) is 180 Å². The minimum absolute atomic E-state index is 0.684. The minimum Gasteiger partial charge on any atom is -0.309 e. The molecule has 4 heterocycles. The van der Waals surface area contributed by atoms with Gasteiger partial charge in [-0.3, -0.25) is 0 Å². The lowest BCUT2D eigenvalue weighted by Gasteiger charge is -2.13. The normalized spacial score (nSPS) is 11.8. The largest absolute Gasteiger partial charge is 0.309 e. The predicted molar refractivity (Wildman–Crippen MR) is 244 cm³/mol. The molecule has 0 aliphatic heterocycles. The van der Waals surface area contributed by atoms with E-state index in [9.17, 15) is 0 Å². The quantitative estimate of drug-likeness (QED) is 0.164. The van der Waals surface area contributed by atoms with Crippen LogP contribution in [0.25, 0.3) is 115 Å². The summed E-state index contributed by atoms with van der Waals surface area (Å²) in [5, 5.41) is 8.58. The molecule has 0 atom stereocenters. The van der Waals surface area contributed by atoms with Crippen molar-refractivity contribution in [3.8, 4) is 50.8 Å². The molecule has 12 aromatic rings. The highest BCUT2D eigenvalue weighted by Gasteiger charge is 2.19. The zero-order chi connectivity index (χ0) is 38.2. The summed E-state index contributed by atoms with van der Waals surface area (Å²) in [5.74, 6) is 0.684. The fourth-order valence-electron chi connectivity index (χ4n) is 8.66. The smallest absolute Gasteiger partial charge is 0.160 e. The van der Waals surface area contributed by atoms with Crippen molar-refractivity contribution in [1.82, 2.24) is 19.5 Å². The molecular weight excluding hydrogens is 725 g/mol. The monoisotopic (exact) mass is 756 g/mol. The summed E-state index contributed by atoms with van der Waals surface area (Å²) >= 11 is 1.82. The number of benzene rings is 8. The van der Waals surface area contributed by atoms with Crippen molar-refractivity contribution in [2.45, 2.75) is 0 Å². The van der Waals surface area contributed by atoms with E-state index >= 15 is 0 Å². The summed E-state index contributed by atoms with van der Waals surface area (Å²) in [6, 6.07) is 68.9. The third-order valence-corrected chi connectivity index (χ3v) is 12.5. The van der Waals surface area contributed by atoms with Crippen molar-refractivity contribution < 1.29 is 0 Å². The predicted octanol–water partition coefficient (Wildman–Crippen LogP) is 14.3. The molecule has 0 spiro atoms. The van der Waals surface area contributed by atoms with E-state index in [1.807, 2.05) is 29.5 Å². The van der Waals surface area contributed by atoms with E-state index in [1.165, 1.54) is 58.1 Å². The molecule has 0 saturated carbocycles. The van der Waals surface area contributed by atoms with E-state index < -0.39 is 0 Å². The van der Waals surface area contributed by atoms with Crippen molar-refractivity contribution in [2.75, 3.05) is 0 Å². The lowest BCUT2D eigenvalue weighted by Crippen LogP contribution is -1.98. The SMILES string of the molecule is c1ccc(-c2nc(-c3cccc(-c4nc5cc6ccccc6cc5c5c4sc4ccccc45)c3)cc(-c3cccc(-n4c5ccccc5c5ccccc54)c3)n2)cc1. The van der Waals surface area contributed by atoms with Gasteiger partial charge in [0.2, 0.25) is 0 Å². The van der Waals surface area contributed by atoms with E-state index in [-0.39, 0.29) is 0 Å². The van der Waals surface area contributed by atoms with Crippen LogP contribution in [0.5, 0.6) is 0 Å². The maximum absolute atomic E-state index is 5.44. The van der Waals surface area contributed by atoms with Crippen molar-refractivity contribution in [1.29, 1.82) is 0 Å². The van der Waals surface area contributed by atoms with E-state index in [0.29, 0.717) is 5.82 Å². The van der Waals surface area contributed by atoms with Crippen LogP contribution in [0.4, 0.5) is 0 Å². The van der Waals surface area contributed by atoms with Gasteiger partial charge in [0.05, 0.1) is 38.3 Å². The lowest BCUT2D eigenvalue weighted by atomic mass is 9.99. The molecule has 0 amide bonds. The molecule has 0 aliphatic carbocycles. The summed E-state index contributed by atoms with van der Waals surface area (Å²) in [7, 11) is 0. The van der Waals surface area contributed by atoms with Gasteiger partial charge in [-0.1, -0.05) is 140 Å². The number of thiophene rings is 1. The zero-order valence-electron chi connectivity index (χ0n) is 31.2. The Hall–Kier alpha value is -7.47. The molecule has 0 saturated heterocycles. The van der Waals surface area contributed by atoms with Crippen LogP contribution in [0, 0.1) is 0 Å². The molecule has 4 aromatic heterocycles. The molecule has 8 aromatic carbocycles. The van der Waals surface area contributed by atoms with Crippen LogP contribution in [0.15, 0.2) is 194 Å². The molecule has 0 aliphatic rings. The van der Waals surface area contributed by atoms with Crippen LogP contribution in [0.2, 0.25) is 0 Å². The summed E-state index contributed by atoms with van der Waals surface area (Å²) in [4.78, 5) is 15.9. The number of para-hydroxylation sites is 2. The van der Waals surface area contributed by atoms with Crippen molar-refractivity contribution in [3.05, 3.63) is 194 Å². The first-order valence-corrected chi connectivity index (χ1v) is 20.3. The van der Waals surface area contributed by atoms with Gasteiger partial charge in [-0.2, -0.15) is 0 Å². The average molecular weight is 757 g/mol. The van der Waals surface area contributed by atoms with Crippen LogP contribution in [0.3, 0.4) is 0 Å². The van der Waals surface area contributed by atoms with Crippen LogP contribution in [-0.4, -0.2) is 19.5 Å². The van der Waals surface area contributed by atoms with Gasteiger partial charge in [-0.05, 0) is 65.4 Å². The second kappa shape index (κ2) is 13.1. The Morgan fingerprint density at radius 1 is 0.397 bits per heavy atom. The van der Waals surface area contributed by atoms with E-state index in [0.717, 1.165) is 50.5 Å². The van der Waals surface area contributed by atoms with Crippen LogP contribution >= 0.6 is 11.3 Å². The first kappa shape index (κ1) is 32.7. The average Bonchev–Trinajstić information content (AvgIpc) is 3.85. The Bertz CT molecular complexity index is 3530. The molecule has 0 bridgehead atoms. The summed E-state index contributed by atoms with van der Waals surface area (Å²) < 4.78 is 4.80. The Morgan fingerprint density at radius 3 is 1.74 bits per heavy atom. The second-order valence-electron chi connectivity index (χ2n) is 14.8. The number of rotatable bonds is 5. The van der Waals surface area contributed by atoms with Gasteiger partial charge >= 0.3 is 0 Å². The highest BCUT2D eigenvalue weighted by Crippen LogP contribution is 2.44. The Morgan fingerprint density at radius 2 is 0.983 bits per heavy atom. The van der Waals surface area contributed by atoms with Crippen LogP contribution in [0.1, 0.15) is 0 Å². The molecule has 0 N–H and O–H groups in total. The zero-order valence-corrected chi connectivity index (χ0v) is 32.0. The topological polar surface area (TPSA) is 43.6 Å². The first-order chi connectivity index (χ1) is 28.7. The summed E-state index contributed by atoms with van der Waals surface area (Å²) in [5.41, 5.74) is 11.2. The molecule has 4 nitrogen and oxygen atoms in total. The molecule has 0 fully saturated rings. The lowest BCUT2D eigenvalue weighted by molar-refractivity contribution is 1.16. The van der Waals surface area contributed by atoms with Gasteiger partial charge < -0.3 is 4.57 Å². The summed E-state index contributed by atoms with van der Waals surface area (Å²) in [6.07, 6.45) is 0. The third kappa shape index (κ3) is 5.25. The Labute approximate surface area is 338 Å². The van der Waals surface area contributed by atoms with Crippen molar-refractivity contribution in [3.63, 3.8) is 0 Å². The Kier molecular flexibility index (Phi) is 7.37. The second-order valence-corrected chi connectivity index (χ2v) is 15.9. The highest BCUT2D eigenvalue weighted by molar-refractivity contribution is 7.26. The molecule has 0 unspecified atom stereocenters.